The topological polar surface area (TPSA) is 43.8 Å². The molecule has 0 aliphatic heterocycles. The van der Waals surface area contributed by atoms with Gasteiger partial charge in [-0.15, -0.1) is 0 Å². The van der Waals surface area contributed by atoms with Crippen molar-refractivity contribution in [3.8, 4) is 0 Å². The second kappa shape index (κ2) is 4.13. The molecule has 3 heteroatoms. The minimum atomic E-state index is 0.700. The van der Waals surface area contributed by atoms with Crippen LogP contribution in [0.3, 0.4) is 0 Å². The molecule has 1 heterocycles. The number of nitrogens with zero attached hydrogens (tertiary/aromatic N) is 2. The molecule has 0 aromatic carbocycles. The lowest BCUT2D eigenvalue weighted by molar-refractivity contribution is 0.621. The standard InChI is InChI=1S/C11H19N3/c1-14-10(6-7-12)8-13-11(14)9-4-2-3-5-9/h8-9H,2-7,12H2,1H3. The first-order chi connectivity index (χ1) is 6.83. The van der Waals surface area contributed by atoms with E-state index in [-0.39, 0.29) is 0 Å². The molecule has 2 N–H and O–H groups in total. The molecule has 0 atom stereocenters. The molecule has 0 amide bonds. The van der Waals surface area contributed by atoms with Gasteiger partial charge in [-0.25, -0.2) is 4.98 Å². The lowest BCUT2D eigenvalue weighted by atomic mass is 10.1. The summed E-state index contributed by atoms with van der Waals surface area (Å²) in [5.74, 6) is 1.97. The molecule has 2 rings (SSSR count). The predicted molar refractivity (Wildman–Crippen MR) is 57.2 cm³/mol. The summed E-state index contributed by atoms with van der Waals surface area (Å²) in [6.45, 7) is 0.712. The minimum absolute atomic E-state index is 0.700. The first-order valence-corrected chi connectivity index (χ1v) is 5.53. The number of hydrogen-bond donors (Lipinski definition) is 1. The molecule has 0 radical (unpaired) electrons. The van der Waals surface area contributed by atoms with Crippen LogP contribution in [-0.2, 0) is 13.5 Å². The summed E-state index contributed by atoms with van der Waals surface area (Å²) in [4.78, 5) is 4.52. The molecule has 1 saturated carbocycles. The smallest absolute Gasteiger partial charge is 0.111 e. The average Bonchev–Trinajstić information content (AvgIpc) is 2.77. The first kappa shape index (κ1) is 9.71. The molecule has 0 saturated heterocycles. The molecule has 1 aromatic rings. The van der Waals surface area contributed by atoms with Crippen molar-refractivity contribution in [2.45, 2.75) is 38.0 Å². The van der Waals surface area contributed by atoms with Gasteiger partial charge < -0.3 is 10.3 Å². The Morgan fingerprint density at radius 2 is 2.21 bits per heavy atom. The van der Waals surface area contributed by atoms with Crippen LogP contribution in [-0.4, -0.2) is 16.1 Å². The van der Waals surface area contributed by atoms with Crippen molar-refractivity contribution in [3.05, 3.63) is 17.7 Å². The normalized spacial score (nSPS) is 17.9. The quantitative estimate of drug-likeness (QED) is 0.792. The molecule has 78 valence electrons. The van der Waals surface area contributed by atoms with Crippen molar-refractivity contribution in [1.82, 2.24) is 9.55 Å². The molecule has 0 bridgehead atoms. The fourth-order valence-electron chi connectivity index (χ4n) is 2.40. The number of rotatable bonds is 3. The number of hydrogen-bond acceptors (Lipinski definition) is 2. The van der Waals surface area contributed by atoms with E-state index in [2.05, 4.69) is 16.6 Å². The number of nitrogens with two attached hydrogens (primary N) is 1. The van der Waals surface area contributed by atoms with Gasteiger partial charge in [0.25, 0.3) is 0 Å². The van der Waals surface area contributed by atoms with E-state index in [1.54, 1.807) is 0 Å². The van der Waals surface area contributed by atoms with Gasteiger partial charge >= 0.3 is 0 Å². The van der Waals surface area contributed by atoms with Gasteiger partial charge in [-0.2, -0.15) is 0 Å². The highest BCUT2D eigenvalue weighted by molar-refractivity contribution is 5.10. The third kappa shape index (κ3) is 1.69. The van der Waals surface area contributed by atoms with Gasteiger partial charge in [0.1, 0.15) is 5.82 Å². The maximum atomic E-state index is 5.55. The Balaban J connectivity index is 2.17. The lowest BCUT2D eigenvalue weighted by Gasteiger charge is -2.10. The third-order valence-corrected chi connectivity index (χ3v) is 3.24. The number of aromatic nitrogens is 2. The Morgan fingerprint density at radius 1 is 1.50 bits per heavy atom. The highest BCUT2D eigenvalue weighted by Gasteiger charge is 2.21. The molecule has 1 aromatic heterocycles. The molecule has 3 nitrogen and oxygen atoms in total. The second-order valence-electron chi connectivity index (χ2n) is 4.19. The highest BCUT2D eigenvalue weighted by atomic mass is 15.1. The monoisotopic (exact) mass is 193 g/mol. The van der Waals surface area contributed by atoms with Crippen LogP contribution in [0.15, 0.2) is 6.20 Å². The van der Waals surface area contributed by atoms with E-state index in [0.29, 0.717) is 12.5 Å². The van der Waals surface area contributed by atoms with Crippen LogP contribution in [0.1, 0.15) is 43.1 Å². The zero-order valence-corrected chi connectivity index (χ0v) is 8.87. The average molecular weight is 193 g/mol. The maximum Gasteiger partial charge on any atom is 0.111 e. The third-order valence-electron chi connectivity index (χ3n) is 3.24. The summed E-state index contributed by atoms with van der Waals surface area (Å²) in [5, 5.41) is 0. The molecule has 1 aliphatic rings. The van der Waals surface area contributed by atoms with Crippen molar-refractivity contribution in [1.29, 1.82) is 0 Å². The van der Waals surface area contributed by atoms with Crippen LogP contribution in [0, 0.1) is 0 Å². The molecule has 0 spiro atoms. The predicted octanol–water partition coefficient (Wildman–Crippen LogP) is 1.58. The van der Waals surface area contributed by atoms with Gasteiger partial charge in [0.05, 0.1) is 0 Å². The second-order valence-corrected chi connectivity index (χ2v) is 4.19. The van der Waals surface area contributed by atoms with E-state index in [4.69, 9.17) is 5.73 Å². The van der Waals surface area contributed by atoms with E-state index >= 15 is 0 Å². The van der Waals surface area contributed by atoms with Crippen molar-refractivity contribution in [2.75, 3.05) is 6.54 Å². The zero-order chi connectivity index (χ0) is 9.97. The van der Waals surface area contributed by atoms with Gasteiger partial charge in [-0.3, -0.25) is 0 Å². The Kier molecular flexibility index (Phi) is 2.87. The lowest BCUT2D eigenvalue weighted by Crippen LogP contribution is -2.09. The van der Waals surface area contributed by atoms with Crippen molar-refractivity contribution in [3.63, 3.8) is 0 Å². The first-order valence-electron chi connectivity index (χ1n) is 5.53. The van der Waals surface area contributed by atoms with Crippen LogP contribution in [0.25, 0.3) is 0 Å². The molecular weight excluding hydrogens is 174 g/mol. The fourth-order valence-corrected chi connectivity index (χ4v) is 2.40. The molecule has 1 fully saturated rings. The summed E-state index contributed by atoms with van der Waals surface area (Å²) < 4.78 is 2.24. The van der Waals surface area contributed by atoms with E-state index < -0.39 is 0 Å². The maximum absolute atomic E-state index is 5.55. The van der Waals surface area contributed by atoms with Gasteiger partial charge in [-0.05, 0) is 19.4 Å². The van der Waals surface area contributed by atoms with Crippen LogP contribution >= 0.6 is 0 Å². The van der Waals surface area contributed by atoms with Crippen LogP contribution < -0.4 is 5.73 Å². The summed E-state index contributed by atoms with van der Waals surface area (Å²) in [5.41, 5.74) is 6.82. The van der Waals surface area contributed by atoms with Crippen LogP contribution in [0.5, 0.6) is 0 Å². The number of imidazole rings is 1. The van der Waals surface area contributed by atoms with E-state index in [1.165, 1.54) is 37.2 Å². The Labute approximate surface area is 85.3 Å². The molecule has 0 unspecified atom stereocenters. The van der Waals surface area contributed by atoms with Gasteiger partial charge in [0.15, 0.2) is 0 Å². The Bertz CT molecular complexity index is 297. The summed E-state index contributed by atoms with van der Waals surface area (Å²) in [6.07, 6.45) is 8.28. The Hall–Kier alpha value is -0.830. The van der Waals surface area contributed by atoms with Gasteiger partial charge in [0.2, 0.25) is 0 Å². The van der Waals surface area contributed by atoms with E-state index in [9.17, 15) is 0 Å². The SMILES string of the molecule is Cn1c(CCN)cnc1C1CCCC1. The summed E-state index contributed by atoms with van der Waals surface area (Å²) in [7, 11) is 2.12. The van der Waals surface area contributed by atoms with Crippen molar-refractivity contribution < 1.29 is 0 Å². The summed E-state index contributed by atoms with van der Waals surface area (Å²) >= 11 is 0. The van der Waals surface area contributed by atoms with Crippen LogP contribution in [0.4, 0.5) is 0 Å². The fraction of sp³-hybridized carbons (Fsp3) is 0.727. The van der Waals surface area contributed by atoms with Crippen molar-refractivity contribution in [2.24, 2.45) is 12.8 Å². The molecule has 1 aliphatic carbocycles. The van der Waals surface area contributed by atoms with Gasteiger partial charge in [0, 0.05) is 31.3 Å². The highest BCUT2D eigenvalue weighted by Crippen LogP contribution is 2.33. The molecular formula is C11H19N3. The van der Waals surface area contributed by atoms with Gasteiger partial charge in [-0.1, -0.05) is 12.8 Å². The molecule has 14 heavy (non-hydrogen) atoms. The van der Waals surface area contributed by atoms with E-state index in [0.717, 1.165) is 6.42 Å². The van der Waals surface area contributed by atoms with Crippen molar-refractivity contribution >= 4 is 0 Å². The zero-order valence-electron chi connectivity index (χ0n) is 8.87. The minimum Gasteiger partial charge on any atom is -0.335 e. The summed E-state index contributed by atoms with van der Waals surface area (Å²) in [6, 6.07) is 0. The van der Waals surface area contributed by atoms with E-state index in [1.807, 2.05) is 6.20 Å². The Morgan fingerprint density at radius 3 is 2.86 bits per heavy atom. The van der Waals surface area contributed by atoms with Crippen LogP contribution in [0.2, 0.25) is 0 Å². The largest absolute Gasteiger partial charge is 0.335 e.